The molecule has 0 bridgehead atoms. The van der Waals surface area contributed by atoms with E-state index in [2.05, 4.69) is 28.3 Å². The van der Waals surface area contributed by atoms with Gasteiger partial charge in [-0.15, -0.1) is 0 Å². The fourth-order valence-electron chi connectivity index (χ4n) is 3.53. The standard InChI is InChI=1S/C19H20N4O/c1-22-8-7-18(21-22)19(24)23-9-6-14(13-23)10-16-12-20-11-15-4-2-3-5-17(15)16/h2-5,7-8,11-12,14H,6,9-10,13H2,1H3/t14-/m1/s1. The third-order valence-corrected chi connectivity index (χ3v) is 4.77. The number of hydrogen-bond donors (Lipinski definition) is 0. The minimum atomic E-state index is 0.0362. The summed E-state index contributed by atoms with van der Waals surface area (Å²) < 4.78 is 1.67. The van der Waals surface area contributed by atoms with Gasteiger partial charge in [0.05, 0.1) is 0 Å². The predicted octanol–water partition coefficient (Wildman–Crippen LogP) is 2.67. The van der Waals surface area contributed by atoms with Gasteiger partial charge >= 0.3 is 0 Å². The number of likely N-dealkylation sites (tertiary alicyclic amines) is 1. The molecule has 0 aliphatic carbocycles. The molecule has 1 aliphatic rings. The number of rotatable bonds is 3. The van der Waals surface area contributed by atoms with E-state index < -0.39 is 0 Å². The Morgan fingerprint density at radius 3 is 2.96 bits per heavy atom. The van der Waals surface area contributed by atoms with E-state index >= 15 is 0 Å². The summed E-state index contributed by atoms with van der Waals surface area (Å²) in [4.78, 5) is 18.8. The van der Waals surface area contributed by atoms with Gasteiger partial charge in [0.2, 0.25) is 0 Å². The van der Waals surface area contributed by atoms with Crippen LogP contribution in [0.3, 0.4) is 0 Å². The molecule has 122 valence electrons. The quantitative estimate of drug-likeness (QED) is 0.745. The van der Waals surface area contributed by atoms with Crippen LogP contribution >= 0.6 is 0 Å². The molecule has 1 saturated heterocycles. The number of amides is 1. The molecule has 3 aromatic rings. The van der Waals surface area contributed by atoms with Gasteiger partial charge in [-0.05, 0) is 35.8 Å². The van der Waals surface area contributed by atoms with Gasteiger partial charge in [0.25, 0.3) is 5.91 Å². The first-order valence-corrected chi connectivity index (χ1v) is 8.31. The van der Waals surface area contributed by atoms with Crippen molar-refractivity contribution in [3.63, 3.8) is 0 Å². The van der Waals surface area contributed by atoms with Crippen molar-refractivity contribution in [2.45, 2.75) is 12.8 Å². The van der Waals surface area contributed by atoms with Gasteiger partial charge in [0.15, 0.2) is 0 Å². The van der Waals surface area contributed by atoms with Crippen molar-refractivity contribution in [1.82, 2.24) is 19.7 Å². The first kappa shape index (κ1) is 14.9. The van der Waals surface area contributed by atoms with E-state index in [0.29, 0.717) is 11.6 Å². The summed E-state index contributed by atoms with van der Waals surface area (Å²) in [6, 6.07) is 10.1. The lowest BCUT2D eigenvalue weighted by molar-refractivity contribution is 0.0780. The van der Waals surface area contributed by atoms with Gasteiger partial charge in [-0.25, -0.2) is 0 Å². The fourth-order valence-corrected chi connectivity index (χ4v) is 3.53. The van der Waals surface area contributed by atoms with Crippen LogP contribution in [0.1, 0.15) is 22.5 Å². The van der Waals surface area contributed by atoms with E-state index in [-0.39, 0.29) is 5.91 Å². The molecule has 0 saturated carbocycles. The lowest BCUT2D eigenvalue weighted by Crippen LogP contribution is -2.29. The number of pyridine rings is 1. The Balaban J connectivity index is 1.48. The van der Waals surface area contributed by atoms with Gasteiger partial charge in [0, 0.05) is 44.1 Å². The normalized spacial score (nSPS) is 17.5. The molecule has 0 unspecified atom stereocenters. The molecule has 1 amide bonds. The Bertz CT molecular complexity index is 880. The third kappa shape index (κ3) is 2.77. The van der Waals surface area contributed by atoms with Crippen LogP contribution in [0.5, 0.6) is 0 Å². The summed E-state index contributed by atoms with van der Waals surface area (Å²) in [5.74, 6) is 0.513. The molecule has 1 aliphatic heterocycles. The van der Waals surface area contributed by atoms with Crippen LogP contribution in [0.15, 0.2) is 48.9 Å². The Hall–Kier alpha value is -2.69. The van der Waals surface area contributed by atoms with Crippen molar-refractivity contribution in [2.24, 2.45) is 13.0 Å². The number of aryl methyl sites for hydroxylation is 1. The summed E-state index contributed by atoms with van der Waals surface area (Å²) in [5, 5.41) is 6.66. The second kappa shape index (κ2) is 6.07. The topological polar surface area (TPSA) is 51.0 Å². The van der Waals surface area contributed by atoms with Crippen molar-refractivity contribution in [1.29, 1.82) is 0 Å². The molecule has 0 N–H and O–H groups in total. The van der Waals surface area contributed by atoms with E-state index in [1.807, 2.05) is 36.6 Å². The molecule has 0 spiro atoms. The molecule has 1 atom stereocenters. The van der Waals surface area contributed by atoms with Crippen molar-refractivity contribution < 1.29 is 4.79 Å². The molecule has 5 heteroatoms. The maximum Gasteiger partial charge on any atom is 0.274 e. The smallest absolute Gasteiger partial charge is 0.274 e. The van der Waals surface area contributed by atoms with Gasteiger partial charge in [-0.3, -0.25) is 14.5 Å². The van der Waals surface area contributed by atoms with Gasteiger partial charge in [-0.1, -0.05) is 24.3 Å². The number of carbonyl (C=O) groups excluding carboxylic acids is 1. The SMILES string of the molecule is Cn1ccc(C(=O)N2CC[C@H](Cc3cncc4ccccc34)C2)n1. The van der Waals surface area contributed by atoms with Gasteiger partial charge in [0.1, 0.15) is 5.69 Å². The van der Waals surface area contributed by atoms with Crippen molar-refractivity contribution in [3.05, 3.63) is 60.2 Å². The molecule has 0 radical (unpaired) electrons. The highest BCUT2D eigenvalue weighted by molar-refractivity contribution is 5.92. The summed E-state index contributed by atoms with van der Waals surface area (Å²) in [5.41, 5.74) is 1.80. The number of fused-ring (bicyclic) bond motifs is 1. The maximum atomic E-state index is 12.5. The third-order valence-electron chi connectivity index (χ3n) is 4.77. The van der Waals surface area contributed by atoms with Crippen LogP contribution in [0.4, 0.5) is 0 Å². The van der Waals surface area contributed by atoms with Crippen LogP contribution in [-0.4, -0.2) is 38.7 Å². The summed E-state index contributed by atoms with van der Waals surface area (Å²) >= 11 is 0. The number of hydrogen-bond acceptors (Lipinski definition) is 3. The molecule has 1 aromatic carbocycles. The lowest BCUT2D eigenvalue weighted by atomic mass is 9.96. The molecule has 5 nitrogen and oxygen atoms in total. The highest BCUT2D eigenvalue weighted by Gasteiger charge is 2.28. The minimum Gasteiger partial charge on any atom is -0.337 e. The molecule has 24 heavy (non-hydrogen) atoms. The van der Waals surface area contributed by atoms with Gasteiger partial charge < -0.3 is 4.90 Å². The monoisotopic (exact) mass is 320 g/mol. The zero-order valence-corrected chi connectivity index (χ0v) is 13.7. The fraction of sp³-hybridized carbons (Fsp3) is 0.316. The zero-order chi connectivity index (χ0) is 16.5. The lowest BCUT2D eigenvalue weighted by Gasteiger charge is -2.15. The van der Waals surface area contributed by atoms with E-state index in [1.54, 1.807) is 10.7 Å². The Kier molecular flexibility index (Phi) is 3.76. The molecule has 3 heterocycles. The largest absolute Gasteiger partial charge is 0.337 e. The second-order valence-electron chi connectivity index (χ2n) is 6.50. The number of carbonyl (C=O) groups is 1. The number of benzene rings is 1. The first-order chi connectivity index (χ1) is 11.7. The highest BCUT2D eigenvalue weighted by atomic mass is 16.2. The molecule has 1 fully saturated rings. The summed E-state index contributed by atoms with van der Waals surface area (Å²) in [6.07, 6.45) is 7.67. The second-order valence-corrected chi connectivity index (χ2v) is 6.50. The minimum absolute atomic E-state index is 0.0362. The van der Waals surface area contributed by atoms with Crippen LogP contribution in [0.2, 0.25) is 0 Å². The van der Waals surface area contributed by atoms with Crippen LogP contribution in [-0.2, 0) is 13.5 Å². The van der Waals surface area contributed by atoms with Crippen molar-refractivity contribution in [2.75, 3.05) is 13.1 Å². The molecule has 2 aromatic heterocycles. The molecular formula is C19H20N4O. The zero-order valence-electron chi connectivity index (χ0n) is 13.7. The van der Waals surface area contributed by atoms with E-state index in [9.17, 15) is 4.79 Å². The highest BCUT2D eigenvalue weighted by Crippen LogP contribution is 2.25. The van der Waals surface area contributed by atoms with E-state index in [0.717, 1.165) is 25.9 Å². The Labute approximate surface area is 140 Å². The summed E-state index contributed by atoms with van der Waals surface area (Å²) in [7, 11) is 1.83. The Morgan fingerprint density at radius 1 is 1.25 bits per heavy atom. The van der Waals surface area contributed by atoms with Crippen LogP contribution < -0.4 is 0 Å². The van der Waals surface area contributed by atoms with Crippen molar-refractivity contribution in [3.8, 4) is 0 Å². The molecular weight excluding hydrogens is 300 g/mol. The number of aromatic nitrogens is 3. The van der Waals surface area contributed by atoms with E-state index in [1.165, 1.54) is 16.3 Å². The van der Waals surface area contributed by atoms with Gasteiger partial charge in [-0.2, -0.15) is 5.10 Å². The molecule has 4 rings (SSSR count). The van der Waals surface area contributed by atoms with E-state index in [4.69, 9.17) is 0 Å². The average Bonchev–Trinajstić information content (AvgIpc) is 3.24. The van der Waals surface area contributed by atoms with Crippen LogP contribution in [0, 0.1) is 5.92 Å². The first-order valence-electron chi connectivity index (χ1n) is 8.31. The summed E-state index contributed by atoms with van der Waals surface area (Å²) in [6.45, 7) is 1.59. The number of nitrogens with zero attached hydrogens (tertiary/aromatic N) is 4. The Morgan fingerprint density at radius 2 is 2.12 bits per heavy atom. The average molecular weight is 320 g/mol. The predicted molar refractivity (Wildman–Crippen MR) is 92.7 cm³/mol. The van der Waals surface area contributed by atoms with Crippen LogP contribution in [0.25, 0.3) is 10.8 Å². The maximum absolute atomic E-state index is 12.5. The van der Waals surface area contributed by atoms with Crippen molar-refractivity contribution >= 4 is 16.7 Å².